The summed E-state index contributed by atoms with van der Waals surface area (Å²) >= 11 is 1.37. The number of nitrogens with one attached hydrogen (secondary N) is 2. The molecule has 3 rings (SSSR count). The van der Waals surface area contributed by atoms with Crippen molar-refractivity contribution in [2.75, 3.05) is 11.9 Å². The number of aryl methyl sites for hydroxylation is 1. The van der Waals surface area contributed by atoms with E-state index in [0.29, 0.717) is 11.4 Å². The van der Waals surface area contributed by atoms with Crippen molar-refractivity contribution < 1.29 is 9.59 Å². The number of carbonyl (C=O) groups excluding carboxylic acids is 2. The van der Waals surface area contributed by atoms with Gasteiger partial charge in [0.25, 0.3) is 5.91 Å². The fourth-order valence-corrected chi connectivity index (χ4v) is 3.88. The third-order valence-electron chi connectivity index (χ3n) is 4.44. The van der Waals surface area contributed by atoms with E-state index in [4.69, 9.17) is 0 Å². The SMILES string of the molecule is Cc1cc(NC(=O)C2CC2)sc1C(=O)NCCC1=CCCCC1. The van der Waals surface area contributed by atoms with E-state index in [1.165, 1.54) is 42.6 Å². The normalized spacial score (nSPS) is 17.5. The Kier molecular flexibility index (Phi) is 5.16. The molecular weight excluding hydrogens is 308 g/mol. The number of allylic oxidation sites excluding steroid dienone is 1. The van der Waals surface area contributed by atoms with Crippen LogP contribution in [0.4, 0.5) is 5.00 Å². The number of amides is 2. The van der Waals surface area contributed by atoms with Gasteiger partial charge in [-0.15, -0.1) is 11.3 Å². The molecule has 1 aromatic heterocycles. The van der Waals surface area contributed by atoms with Crippen LogP contribution < -0.4 is 10.6 Å². The Morgan fingerprint density at radius 1 is 1.30 bits per heavy atom. The minimum atomic E-state index is -0.0316. The van der Waals surface area contributed by atoms with Crippen molar-refractivity contribution in [2.45, 2.75) is 51.9 Å². The van der Waals surface area contributed by atoms with Crippen molar-refractivity contribution >= 4 is 28.2 Å². The lowest BCUT2D eigenvalue weighted by Crippen LogP contribution is -2.24. The molecule has 0 radical (unpaired) electrons. The number of hydrogen-bond donors (Lipinski definition) is 2. The van der Waals surface area contributed by atoms with Crippen LogP contribution in [0, 0.1) is 12.8 Å². The number of anilines is 1. The number of thiophene rings is 1. The maximum atomic E-state index is 12.3. The van der Waals surface area contributed by atoms with Crippen LogP contribution in [0.2, 0.25) is 0 Å². The highest BCUT2D eigenvalue weighted by Gasteiger charge is 2.30. The maximum Gasteiger partial charge on any atom is 0.261 e. The lowest BCUT2D eigenvalue weighted by molar-refractivity contribution is -0.117. The number of rotatable bonds is 6. The maximum absolute atomic E-state index is 12.3. The number of hydrogen-bond acceptors (Lipinski definition) is 3. The molecule has 1 saturated carbocycles. The van der Waals surface area contributed by atoms with Crippen LogP contribution in [0.3, 0.4) is 0 Å². The molecule has 0 unspecified atom stereocenters. The van der Waals surface area contributed by atoms with E-state index in [1.54, 1.807) is 0 Å². The van der Waals surface area contributed by atoms with Crippen molar-refractivity contribution in [1.29, 1.82) is 0 Å². The topological polar surface area (TPSA) is 58.2 Å². The van der Waals surface area contributed by atoms with Gasteiger partial charge in [-0.25, -0.2) is 0 Å². The molecule has 0 saturated heterocycles. The quantitative estimate of drug-likeness (QED) is 0.773. The Bertz CT molecular complexity index is 629. The van der Waals surface area contributed by atoms with Crippen LogP contribution in [-0.2, 0) is 4.79 Å². The second-order valence-electron chi connectivity index (χ2n) is 6.50. The van der Waals surface area contributed by atoms with E-state index in [0.717, 1.165) is 29.8 Å². The standard InChI is InChI=1S/C18H24N2O2S/c1-12-11-15(20-17(21)14-7-8-14)23-16(12)18(22)19-10-9-13-5-3-2-4-6-13/h5,11,14H,2-4,6-10H2,1H3,(H,19,22)(H,20,21). The lowest BCUT2D eigenvalue weighted by atomic mass is 9.97. The molecule has 0 atom stereocenters. The minimum Gasteiger partial charge on any atom is -0.351 e. The summed E-state index contributed by atoms with van der Waals surface area (Å²) in [7, 11) is 0. The summed E-state index contributed by atoms with van der Waals surface area (Å²) in [5.41, 5.74) is 2.40. The van der Waals surface area contributed by atoms with Crippen molar-refractivity contribution in [3.63, 3.8) is 0 Å². The summed E-state index contributed by atoms with van der Waals surface area (Å²) in [6.07, 6.45) is 10.1. The average Bonchev–Trinajstić information content (AvgIpc) is 3.32. The molecule has 0 aromatic carbocycles. The Labute approximate surface area is 141 Å². The molecule has 4 nitrogen and oxygen atoms in total. The van der Waals surface area contributed by atoms with Crippen molar-refractivity contribution in [2.24, 2.45) is 5.92 Å². The first-order chi connectivity index (χ1) is 11.1. The molecule has 0 bridgehead atoms. The van der Waals surface area contributed by atoms with Crippen LogP contribution in [0.5, 0.6) is 0 Å². The van der Waals surface area contributed by atoms with Gasteiger partial charge in [0.2, 0.25) is 5.91 Å². The van der Waals surface area contributed by atoms with Gasteiger partial charge in [-0.3, -0.25) is 9.59 Å². The molecule has 2 N–H and O–H groups in total. The predicted octanol–water partition coefficient (Wildman–Crippen LogP) is 4.03. The molecule has 1 heterocycles. The van der Waals surface area contributed by atoms with Crippen LogP contribution in [0.15, 0.2) is 17.7 Å². The van der Waals surface area contributed by atoms with E-state index in [1.807, 2.05) is 13.0 Å². The van der Waals surface area contributed by atoms with Gasteiger partial charge in [0.15, 0.2) is 0 Å². The number of carbonyl (C=O) groups is 2. The monoisotopic (exact) mass is 332 g/mol. The summed E-state index contributed by atoms with van der Waals surface area (Å²) in [6, 6.07) is 1.89. The first-order valence-corrected chi connectivity index (χ1v) is 9.32. The van der Waals surface area contributed by atoms with Crippen LogP contribution in [0.25, 0.3) is 0 Å². The first kappa shape index (κ1) is 16.2. The van der Waals surface area contributed by atoms with E-state index in [9.17, 15) is 9.59 Å². The third kappa shape index (κ3) is 4.44. The summed E-state index contributed by atoms with van der Waals surface area (Å²) in [6.45, 7) is 2.60. The van der Waals surface area contributed by atoms with E-state index in [2.05, 4.69) is 16.7 Å². The van der Waals surface area contributed by atoms with Gasteiger partial charge in [0.05, 0.1) is 9.88 Å². The van der Waals surface area contributed by atoms with Gasteiger partial charge in [-0.1, -0.05) is 11.6 Å². The van der Waals surface area contributed by atoms with E-state index >= 15 is 0 Å². The molecule has 1 fully saturated rings. The molecule has 124 valence electrons. The highest BCUT2D eigenvalue weighted by Crippen LogP contribution is 2.32. The highest BCUT2D eigenvalue weighted by molar-refractivity contribution is 7.18. The zero-order valence-corrected chi connectivity index (χ0v) is 14.4. The molecule has 5 heteroatoms. The molecule has 0 spiro atoms. The summed E-state index contributed by atoms with van der Waals surface area (Å²) < 4.78 is 0. The molecule has 2 amide bonds. The van der Waals surface area contributed by atoms with E-state index < -0.39 is 0 Å². The highest BCUT2D eigenvalue weighted by atomic mass is 32.1. The van der Waals surface area contributed by atoms with Crippen molar-refractivity contribution in [3.8, 4) is 0 Å². The van der Waals surface area contributed by atoms with Gasteiger partial charge in [0.1, 0.15) is 0 Å². The van der Waals surface area contributed by atoms with Crippen molar-refractivity contribution in [3.05, 3.63) is 28.2 Å². The minimum absolute atomic E-state index is 0.0316. The lowest BCUT2D eigenvalue weighted by Gasteiger charge is -2.12. The summed E-state index contributed by atoms with van der Waals surface area (Å²) in [4.78, 5) is 24.8. The molecule has 23 heavy (non-hydrogen) atoms. The predicted molar refractivity (Wildman–Crippen MR) is 93.9 cm³/mol. The second-order valence-corrected chi connectivity index (χ2v) is 7.55. The second kappa shape index (κ2) is 7.30. The largest absolute Gasteiger partial charge is 0.351 e. The molecule has 2 aliphatic rings. The Morgan fingerprint density at radius 3 is 2.83 bits per heavy atom. The first-order valence-electron chi connectivity index (χ1n) is 8.51. The average molecular weight is 332 g/mol. The Morgan fingerprint density at radius 2 is 2.13 bits per heavy atom. The van der Waals surface area contributed by atoms with E-state index in [-0.39, 0.29) is 17.7 Å². The molecular formula is C18H24N2O2S. The van der Waals surface area contributed by atoms with Crippen molar-refractivity contribution in [1.82, 2.24) is 5.32 Å². The van der Waals surface area contributed by atoms with Crippen LogP contribution in [-0.4, -0.2) is 18.4 Å². The Hall–Kier alpha value is -1.62. The Balaban J connectivity index is 1.51. The van der Waals surface area contributed by atoms with Gasteiger partial charge >= 0.3 is 0 Å². The van der Waals surface area contributed by atoms with Gasteiger partial charge in [-0.05, 0) is 63.5 Å². The van der Waals surface area contributed by atoms with Crippen LogP contribution in [0.1, 0.15) is 60.2 Å². The smallest absolute Gasteiger partial charge is 0.261 e. The van der Waals surface area contributed by atoms with Gasteiger partial charge in [-0.2, -0.15) is 0 Å². The molecule has 2 aliphatic carbocycles. The molecule has 1 aromatic rings. The fourth-order valence-electron chi connectivity index (χ4n) is 2.89. The summed E-state index contributed by atoms with van der Waals surface area (Å²) in [5, 5.41) is 6.70. The fraction of sp³-hybridized carbons (Fsp3) is 0.556. The van der Waals surface area contributed by atoms with Gasteiger partial charge in [0, 0.05) is 12.5 Å². The van der Waals surface area contributed by atoms with Crippen LogP contribution >= 0.6 is 11.3 Å². The zero-order valence-electron chi connectivity index (χ0n) is 13.6. The van der Waals surface area contributed by atoms with Gasteiger partial charge < -0.3 is 10.6 Å². The molecule has 0 aliphatic heterocycles. The summed E-state index contributed by atoms with van der Waals surface area (Å²) in [5.74, 6) is 0.233. The zero-order chi connectivity index (χ0) is 16.2. The third-order valence-corrected chi connectivity index (χ3v) is 5.59.